The summed E-state index contributed by atoms with van der Waals surface area (Å²) in [5.74, 6) is 0. The van der Waals surface area contributed by atoms with Crippen molar-refractivity contribution in [1.82, 2.24) is 0 Å². The van der Waals surface area contributed by atoms with E-state index in [0.29, 0.717) is 0 Å². The first kappa shape index (κ1) is 8.47. The van der Waals surface area contributed by atoms with Crippen molar-refractivity contribution in [2.24, 2.45) is 0 Å². The van der Waals surface area contributed by atoms with Crippen LogP contribution in [0.2, 0.25) is 0 Å². The molecule has 0 aliphatic heterocycles. The van der Waals surface area contributed by atoms with Gasteiger partial charge in [0.15, 0.2) is 0 Å². The molecule has 5 heteroatoms. The number of halogens is 5. The summed E-state index contributed by atoms with van der Waals surface area (Å²) in [6, 6.07) is 0. The largest absolute Gasteiger partial charge is 0.287 e. The molecule has 0 aliphatic rings. The predicted molar refractivity (Wildman–Crippen MR) is 30.6 cm³/mol. The lowest BCUT2D eigenvalue weighted by Gasteiger charge is -1.92. The maximum atomic E-state index is 11.3. The number of allylic oxidation sites excluding steroid dienone is 1. The topological polar surface area (TPSA) is 0 Å². The van der Waals surface area contributed by atoms with Gasteiger partial charge < -0.3 is 0 Å². The van der Waals surface area contributed by atoms with Gasteiger partial charge in [-0.3, -0.25) is 0 Å². The molecule has 0 saturated carbocycles. The van der Waals surface area contributed by atoms with Gasteiger partial charge in [0.25, 0.3) is 6.08 Å². The zero-order valence-electron chi connectivity index (χ0n) is 3.47. The molecule has 0 nitrogen and oxygen atoms in total. The molecule has 0 N–H and O–H groups in total. The summed E-state index contributed by atoms with van der Waals surface area (Å²) < 4.78 is 22.5. The van der Waals surface area contributed by atoms with Crippen LogP contribution in [0.4, 0.5) is 8.78 Å². The Labute approximate surface area is 60.0 Å². The van der Waals surface area contributed by atoms with Gasteiger partial charge in [-0.1, -0.05) is 34.8 Å². The van der Waals surface area contributed by atoms with Gasteiger partial charge in [-0.25, -0.2) is 0 Å². The molecule has 0 aromatic heterocycles. The molecular weight excluding hydrogens is 180 g/mol. The summed E-state index contributed by atoms with van der Waals surface area (Å²) in [6.07, 6.45) is -2.04. The molecule has 0 amide bonds. The molecule has 0 rings (SSSR count). The average molecular weight is 181 g/mol. The second-order valence-corrected chi connectivity index (χ2v) is 2.41. The first-order valence-corrected chi connectivity index (χ1v) is 2.79. The minimum Gasteiger partial charge on any atom is -0.172 e. The van der Waals surface area contributed by atoms with E-state index >= 15 is 0 Å². The van der Waals surface area contributed by atoms with E-state index in [1.807, 2.05) is 0 Å². The van der Waals surface area contributed by atoms with E-state index in [-0.39, 0.29) is 0 Å². The van der Waals surface area contributed by atoms with Crippen molar-refractivity contribution >= 4 is 34.8 Å². The number of alkyl halides is 2. The number of hydrogen-bond acceptors (Lipinski definition) is 0. The van der Waals surface area contributed by atoms with Crippen molar-refractivity contribution < 1.29 is 8.78 Å². The molecule has 0 saturated heterocycles. The smallest absolute Gasteiger partial charge is 0.172 e. The molecule has 0 aromatic carbocycles. The normalized spacial score (nSPS) is 9.75. The van der Waals surface area contributed by atoms with Crippen molar-refractivity contribution in [3.8, 4) is 0 Å². The second kappa shape index (κ2) is 3.49. The summed E-state index contributed by atoms with van der Waals surface area (Å²) in [4.78, 5) is -1.32. The zero-order chi connectivity index (χ0) is 6.73. The van der Waals surface area contributed by atoms with E-state index in [9.17, 15) is 8.78 Å². The van der Waals surface area contributed by atoms with Crippen LogP contribution in [-0.4, -0.2) is 4.84 Å². The highest BCUT2D eigenvalue weighted by atomic mass is 35.5. The van der Waals surface area contributed by atoms with Gasteiger partial charge in [-0.15, -0.1) is 0 Å². The molecular formula is C3HCl3F2. The Morgan fingerprint density at radius 1 is 1.25 bits per heavy atom. The molecule has 0 heterocycles. The standard InChI is InChI=1S/C3HCl3F2/c4-1(2(5)6)3(7)8/h2H. The lowest BCUT2D eigenvalue weighted by atomic mass is 10.7. The first-order chi connectivity index (χ1) is 3.55. The summed E-state index contributed by atoms with van der Waals surface area (Å²) in [7, 11) is 0. The van der Waals surface area contributed by atoms with Crippen molar-refractivity contribution in [3.05, 3.63) is 11.1 Å². The first-order valence-electron chi connectivity index (χ1n) is 1.54. The Bertz CT molecular complexity index is 105. The third kappa shape index (κ3) is 2.70. The monoisotopic (exact) mass is 180 g/mol. The van der Waals surface area contributed by atoms with Crippen LogP contribution in [0.3, 0.4) is 0 Å². The highest BCUT2D eigenvalue weighted by Gasteiger charge is 2.09. The highest BCUT2D eigenvalue weighted by molar-refractivity contribution is 6.52. The fourth-order valence-electron chi connectivity index (χ4n) is 0.0825. The lowest BCUT2D eigenvalue weighted by molar-refractivity contribution is 0.417. The summed E-state index contributed by atoms with van der Waals surface area (Å²) in [5.41, 5.74) is 0. The van der Waals surface area contributed by atoms with Gasteiger partial charge in [-0.05, 0) is 0 Å². The molecule has 48 valence electrons. The van der Waals surface area contributed by atoms with Crippen LogP contribution in [0.15, 0.2) is 11.1 Å². The minimum atomic E-state index is -2.04. The summed E-state index contributed by atoms with van der Waals surface area (Å²) >= 11 is 14.7. The van der Waals surface area contributed by atoms with Crippen molar-refractivity contribution in [1.29, 1.82) is 0 Å². The Balaban J connectivity index is 4.00. The molecule has 0 radical (unpaired) electrons. The molecule has 8 heavy (non-hydrogen) atoms. The average Bonchev–Trinajstić information content (AvgIpc) is 1.64. The van der Waals surface area contributed by atoms with Gasteiger partial charge in [-0.2, -0.15) is 8.78 Å². The van der Waals surface area contributed by atoms with Gasteiger partial charge in [0, 0.05) is 0 Å². The van der Waals surface area contributed by atoms with Crippen LogP contribution in [0.1, 0.15) is 0 Å². The predicted octanol–water partition coefficient (Wildman–Crippen LogP) is 3.14. The van der Waals surface area contributed by atoms with Crippen molar-refractivity contribution in [2.45, 2.75) is 4.84 Å². The van der Waals surface area contributed by atoms with Gasteiger partial charge >= 0.3 is 0 Å². The van der Waals surface area contributed by atoms with Gasteiger partial charge in [0.05, 0.1) is 0 Å². The van der Waals surface area contributed by atoms with E-state index < -0.39 is 15.9 Å². The van der Waals surface area contributed by atoms with Crippen molar-refractivity contribution in [2.75, 3.05) is 0 Å². The maximum Gasteiger partial charge on any atom is 0.287 e. The summed E-state index contributed by atoms with van der Waals surface area (Å²) in [5, 5.41) is -0.812. The van der Waals surface area contributed by atoms with Crippen molar-refractivity contribution in [3.63, 3.8) is 0 Å². The maximum absolute atomic E-state index is 11.3. The van der Waals surface area contributed by atoms with Crippen LogP contribution >= 0.6 is 34.8 Å². The fourth-order valence-corrected chi connectivity index (χ4v) is 0.247. The van der Waals surface area contributed by atoms with Crippen LogP contribution in [0.5, 0.6) is 0 Å². The summed E-state index contributed by atoms with van der Waals surface area (Å²) in [6.45, 7) is 0. The van der Waals surface area contributed by atoms with E-state index in [1.165, 1.54) is 0 Å². The third-order valence-electron chi connectivity index (χ3n) is 0.372. The Hall–Kier alpha value is 0.470. The molecule has 0 aromatic rings. The molecule has 0 aliphatic carbocycles. The molecule has 0 atom stereocenters. The van der Waals surface area contributed by atoms with Crippen LogP contribution < -0.4 is 0 Å². The van der Waals surface area contributed by atoms with Gasteiger partial charge in [0.1, 0.15) is 9.87 Å². The van der Waals surface area contributed by atoms with E-state index in [0.717, 1.165) is 0 Å². The molecule has 0 unspecified atom stereocenters. The quantitative estimate of drug-likeness (QED) is 0.545. The highest BCUT2D eigenvalue weighted by Crippen LogP contribution is 2.23. The van der Waals surface area contributed by atoms with Crippen LogP contribution in [0, 0.1) is 0 Å². The Morgan fingerprint density at radius 2 is 1.62 bits per heavy atom. The van der Waals surface area contributed by atoms with E-state index in [2.05, 4.69) is 0 Å². The molecule has 0 fully saturated rings. The Kier molecular flexibility index (Phi) is 3.69. The van der Waals surface area contributed by atoms with E-state index in [1.54, 1.807) is 0 Å². The van der Waals surface area contributed by atoms with E-state index in [4.69, 9.17) is 34.8 Å². The number of hydrogen-bond donors (Lipinski definition) is 0. The van der Waals surface area contributed by atoms with Crippen LogP contribution in [0.25, 0.3) is 0 Å². The second-order valence-electron chi connectivity index (χ2n) is 0.909. The fraction of sp³-hybridized carbons (Fsp3) is 0.333. The third-order valence-corrected chi connectivity index (χ3v) is 1.39. The minimum absolute atomic E-state index is 0.812. The number of rotatable bonds is 1. The van der Waals surface area contributed by atoms with Crippen LogP contribution in [-0.2, 0) is 0 Å². The molecule has 0 spiro atoms. The lowest BCUT2D eigenvalue weighted by Crippen LogP contribution is -1.85. The zero-order valence-corrected chi connectivity index (χ0v) is 5.73. The van der Waals surface area contributed by atoms with Gasteiger partial charge in [0.2, 0.25) is 0 Å². The Morgan fingerprint density at radius 3 is 1.62 bits per heavy atom. The SMILES string of the molecule is FC(F)=C(Cl)C(Cl)Cl. The molecule has 0 bridgehead atoms.